The van der Waals surface area contributed by atoms with Gasteiger partial charge in [0, 0.05) is 38.8 Å². The van der Waals surface area contributed by atoms with Crippen molar-refractivity contribution in [1.82, 2.24) is 9.88 Å². The first kappa shape index (κ1) is 12.3. The van der Waals surface area contributed by atoms with Crippen molar-refractivity contribution in [2.75, 3.05) is 37.6 Å². The van der Waals surface area contributed by atoms with Gasteiger partial charge in [-0.3, -0.25) is 15.0 Å². The van der Waals surface area contributed by atoms with Gasteiger partial charge in [0.15, 0.2) is 0 Å². The van der Waals surface area contributed by atoms with Gasteiger partial charge in [0.25, 0.3) is 5.69 Å². The SMILES string of the molecule is O=[N+]([O-])c1ccc(N2CCN(CC3CC3)CC2)nc1. The van der Waals surface area contributed by atoms with Crippen molar-refractivity contribution in [1.29, 1.82) is 0 Å². The summed E-state index contributed by atoms with van der Waals surface area (Å²) in [5, 5.41) is 10.6. The number of anilines is 1. The lowest BCUT2D eigenvalue weighted by molar-refractivity contribution is -0.385. The van der Waals surface area contributed by atoms with Crippen LogP contribution in [0.5, 0.6) is 0 Å². The third-order valence-corrected chi connectivity index (χ3v) is 3.85. The zero-order chi connectivity index (χ0) is 13.2. The van der Waals surface area contributed by atoms with Crippen LogP contribution in [0.25, 0.3) is 0 Å². The second-order valence-corrected chi connectivity index (χ2v) is 5.36. The van der Waals surface area contributed by atoms with E-state index in [0.29, 0.717) is 0 Å². The van der Waals surface area contributed by atoms with E-state index < -0.39 is 4.92 Å². The summed E-state index contributed by atoms with van der Waals surface area (Å²) in [6, 6.07) is 3.27. The highest BCUT2D eigenvalue weighted by molar-refractivity contribution is 5.43. The van der Waals surface area contributed by atoms with Gasteiger partial charge < -0.3 is 4.90 Å². The van der Waals surface area contributed by atoms with Crippen LogP contribution in [-0.2, 0) is 0 Å². The van der Waals surface area contributed by atoms with E-state index in [1.54, 1.807) is 6.07 Å². The van der Waals surface area contributed by atoms with Gasteiger partial charge in [0.2, 0.25) is 0 Å². The fourth-order valence-electron chi connectivity index (χ4n) is 2.50. The number of hydrogen-bond acceptors (Lipinski definition) is 5. The first-order valence-corrected chi connectivity index (χ1v) is 6.80. The third-order valence-electron chi connectivity index (χ3n) is 3.85. The monoisotopic (exact) mass is 262 g/mol. The van der Waals surface area contributed by atoms with Gasteiger partial charge in [-0.05, 0) is 24.8 Å². The maximum absolute atomic E-state index is 10.6. The zero-order valence-corrected chi connectivity index (χ0v) is 10.9. The highest BCUT2D eigenvalue weighted by atomic mass is 16.6. The number of pyridine rings is 1. The van der Waals surface area contributed by atoms with Gasteiger partial charge in [-0.2, -0.15) is 0 Å². The van der Waals surface area contributed by atoms with Gasteiger partial charge in [0.05, 0.1) is 4.92 Å². The first-order valence-electron chi connectivity index (χ1n) is 6.80. The van der Waals surface area contributed by atoms with E-state index in [9.17, 15) is 10.1 Å². The number of hydrogen-bond donors (Lipinski definition) is 0. The predicted molar refractivity (Wildman–Crippen MR) is 72.3 cm³/mol. The van der Waals surface area contributed by atoms with Crippen LogP contribution < -0.4 is 4.90 Å². The van der Waals surface area contributed by atoms with Crippen LogP contribution in [0.4, 0.5) is 11.5 Å². The second-order valence-electron chi connectivity index (χ2n) is 5.36. The Labute approximate surface area is 112 Å². The molecule has 0 N–H and O–H groups in total. The molecule has 1 aliphatic heterocycles. The molecular weight excluding hydrogens is 244 g/mol. The number of nitro groups is 1. The molecule has 1 aromatic rings. The molecular formula is C13H18N4O2. The van der Waals surface area contributed by atoms with E-state index in [-0.39, 0.29) is 5.69 Å². The molecule has 19 heavy (non-hydrogen) atoms. The van der Waals surface area contributed by atoms with Crippen LogP contribution in [0.15, 0.2) is 18.3 Å². The summed E-state index contributed by atoms with van der Waals surface area (Å²) in [7, 11) is 0. The molecule has 2 heterocycles. The number of piperazine rings is 1. The van der Waals surface area contributed by atoms with Gasteiger partial charge >= 0.3 is 0 Å². The molecule has 102 valence electrons. The van der Waals surface area contributed by atoms with E-state index in [2.05, 4.69) is 14.8 Å². The van der Waals surface area contributed by atoms with Gasteiger partial charge in [-0.25, -0.2) is 4.98 Å². The van der Waals surface area contributed by atoms with Crippen LogP contribution in [0.2, 0.25) is 0 Å². The molecule has 1 aliphatic carbocycles. The molecule has 0 aromatic carbocycles. The Hall–Kier alpha value is -1.69. The second kappa shape index (κ2) is 5.13. The summed E-state index contributed by atoms with van der Waals surface area (Å²) >= 11 is 0. The summed E-state index contributed by atoms with van der Waals surface area (Å²) in [6.07, 6.45) is 4.13. The molecule has 0 spiro atoms. The minimum absolute atomic E-state index is 0.0520. The Bertz CT molecular complexity index is 450. The van der Waals surface area contributed by atoms with Gasteiger partial charge in [-0.1, -0.05) is 0 Å². The van der Waals surface area contributed by atoms with E-state index in [0.717, 1.165) is 37.9 Å². The van der Waals surface area contributed by atoms with Crippen molar-refractivity contribution in [2.45, 2.75) is 12.8 Å². The lowest BCUT2D eigenvalue weighted by Gasteiger charge is -2.35. The van der Waals surface area contributed by atoms with E-state index in [1.807, 2.05) is 0 Å². The smallest absolute Gasteiger partial charge is 0.287 e. The fourth-order valence-corrected chi connectivity index (χ4v) is 2.50. The Kier molecular flexibility index (Phi) is 3.33. The zero-order valence-electron chi connectivity index (χ0n) is 10.9. The van der Waals surface area contributed by atoms with Crippen LogP contribution in [0.1, 0.15) is 12.8 Å². The molecule has 1 aromatic heterocycles. The maximum atomic E-state index is 10.6. The predicted octanol–water partition coefficient (Wildman–Crippen LogP) is 1.52. The summed E-state index contributed by atoms with van der Waals surface area (Å²) in [6.45, 7) is 5.28. The van der Waals surface area contributed by atoms with Crippen LogP contribution in [0, 0.1) is 16.0 Å². The van der Waals surface area contributed by atoms with Crippen LogP contribution in [-0.4, -0.2) is 47.5 Å². The summed E-state index contributed by atoms with van der Waals surface area (Å²) in [5.74, 6) is 1.78. The highest BCUT2D eigenvalue weighted by Gasteiger charge is 2.26. The summed E-state index contributed by atoms with van der Waals surface area (Å²) < 4.78 is 0. The molecule has 0 unspecified atom stereocenters. The number of rotatable bonds is 4. The highest BCUT2D eigenvalue weighted by Crippen LogP contribution is 2.30. The first-order chi connectivity index (χ1) is 9.22. The molecule has 3 rings (SSSR count). The lowest BCUT2D eigenvalue weighted by atomic mass is 10.2. The Morgan fingerprint density at radius 1 is 1.26 bits per heavy atom. The molecule has 0 atom stereocenters. The normalized spacial score (nSPS) is 20.5. The molecule has 6 heteroatoms. The van der Waals surface area contributed by atoms with Crippen LogP contribution >= 0.6 is 0 Å². The summed E-state index contributed by atoms with van der Waals surface area (Å²) in [4.78, 5) is 19.1. The van der Waals surface area contributed by atoms with Crippen LogP contribution in [0.3, 0.4) is 0 Å². The van der Waals surface area contributed by atoms with E-state index in [1.165, 1.54) is 31.6 Å². The molecule has 6 nitrogen and oxygen atoms in total. The van der Waals surface area contributed by atoms with Crippen molar-refractivity contribution < 1.29 is 4.92 Å². The molecule has 0 bridgehead atoms. The van der Waals surface area contributed by atoms with E-state index in [4.69, 9.17) is 0 Å². The molecule has 1 saturated carbocycles. The van der Waals surface area contributed by atoms with Gasteiger partial charge in [-0.15, -0.1) is 0 Å². The quantitative estimate of drug-likeness (QED) is 0.608. The standard InChI is InChI=1S/C13H18N4O2/c18-17(19)12-3-4-13(14-9-12)16-7-5-15(6-8-16)10-11-1-2-11/h3-4,9,11H,1-2,5-8,10H2. The minimum atomic E-state index is -0.412. The lowest BCUT2D eigenvalue weighted by Crippen LogP contribution is -2.47. The summed E-state index contributed by atoms with van der Waals surface area (Å²) in [5.41, 5.74) is 0.0520. The average Bonchev–Trinajstić information content (AvgIpc) is 3.24. The van der Waals surface area contributed by atoms with Gasteiger partial charge in [0.1, 0.15) is 12.0 Å². The molecule has 2 fully saturated rings. The van der Waals surface area contributed by atoms with Crippen molar-refractivity contribution in [2.24, 2.45) is 5.92 Å². The Morgan fingerprint density at radius 3 is 2.53 bits per heavy atom. The minimum Gasteiger partial charge on any atom is -0.354 e. The Morgan fingerprint density at radius 2 is 2.00 bits per heavy atom. The van der Waals surface area contributed by atoms with Crippen molar-refractivity contribution >= 4 is 11.5 Å². The van der Waals surface area contributed by atoms with Crippen molar-refractivity contribution in [3.8, 4) is 0 Å². The largest absolute Gasteiger partial charge is 0.354 e. The number of aromatic nitrogens is 1. The topological polar surface area (TPSA) is 62.5 Å². The average molecular weight is 262 g/mol. The fraction of sp³-hybridized carbons (Fsp3) is 0.615. The van der Waals surface area contributed by atoms with Crippen molar-refractivity contribution in [3.63, 3.8) is 0 Å². The van der Waals surface area contributed by atoms with Crippen molar-refractivity contribution in [3.05, 3.63) is 28.4 Å². The maximum Gasteiger partial charge on any atom is 0.287 e. The number of nitrogens with zero attached hydrogens (tertiary/aromatic N) is 4. The third kappa shape index (κ3) is 3.01. The Balaban J connectivity index is 1.56. The molecule has 0 radical (unpaired) electrons. The molecule has 0 amide bonds. The van der Waals surface area contributed by atoms with E-state index >= 15 is 0 Å². The molecule has 1 saturated heterocycles. The molecule has 2 aliphatic rings.